The highest BCUT2D eigenvalue weighted by Crippen LogP contribution is 2.42. The molecule has 5 nitrogen and oxygen atoms in total. The Bertz CT molecular complexity index is 504. The zero-order valence-corrected chi connectivity index (χ0v) is 15.2. The number of rotatable bonds is 9. The van der Waals surface area contributed by atoms with Crippen LogP contribution in [0.2, 0.25) is 0 Å². The molecule has 0 bridgehead atoms. The molecule has 0 atom stereocenters. The summed E-state index contributed by atoms with van der Waals surface area (Å²) in [5.74, 6) is 1.74. The lowest BCUT2D eigenvalue weighted by Gasteiger charge is -2.41. The standard InChI is InChI=1S/C19H31N3O2/c1-4-19(10-5-11-19)15-22-18(20-2)21-14-16-6-8-17(9-7-16)24-13-12-23-3/h6-9H,4-5,10-15H2,1-3H3,(H2,20,21,22). The van der Waals surface area contributed by atoms with Crippen LogP contribution in [0.4, 0.5) is 0 Å². The van der Waals surface area contributed by atoms with Crippen LogP contribution in [0.5, 0.6) is 5.75 Å². The highest BCUT2D eigenvalue weighted by atomic mass is 16.5. The summed E-state index contributed by atoms with van der Waals surface area (Å²) >= 11 is 0. The molecule has 1 aromatic rings. The molecule has 134 valence electrons. The van der Waals surface area contributed by atoms with E-state index in [-0.39, 0.29) is 0 Å². The fourth-order valence-corrected chi connectivity index (χ4v) is 2.96. The number of aliphatic imine (C=N–C) groups is 1. The van der Waals surface area contributed by atoms with Gasteiger partial charge in [-0.1, -0.05) is 25.5 Å². The smallest absolute Gasteiger partial charge is 0.191 e. The molecule has 1 aliphatic rings. The van der Waals surface area contributed by atoms with Crippen LogP contribution in [0, 0.1) is 5.41 Å². The van der Waals surface area contributed by atoms with Crippen LogP contribution in [0.3, 0.4) is 0 Å². The van der Waals surface area contributed by atoms with Crippen molar-refractivity contribution in [3.05, 3.63) is 29.8 Å². The van der Waals surface area contributed by atoms with E-state index in [0.29, 0.717) is 18.6 Å². The van der Waals surface area contributed by atoms with E-state index < -0.39 is 0 Å². The normalized spacial score (nSPS) is 16.4. The summed E-state index contributed by atoms with van der Waals surface area (Å²) in [6.45, 7) is 5.22. The van der Waals surface area contributed by atoms with Gasteiger partial charge in [0.25, 0.3) is 0 Å². The maximum absolute atomic E-state index is 5.57. The second-order valence-electron chi connectivity index (χ2n) is 6.47. The van der Waals surface area contributed by atoms with Crippen molar-refractivity contribution >= 4 is 5.96 Å². The molecule has 1 fully saturated rings. The van der Waals surface area contributed by atoms with Crippen molar-refractivity contribution in [2.75, 3.05) is 33.9 Å². The van der Waals surface area contributed by atoms with Crippen LogP contribution in [-0.4, -0.2) is 39.9 Å². The van der Waals surface area contributed by atoms with Gasteiger partial charge in [-0.3, -0.25) is 4.99 Å². The molecule has 2 rings (SSSR count). The summed E-state index contributed by atoms with van der Waals surface area (Å²) < 4.78 is 10.6. The second kappa shape index (κ2) is 9.52. The predicted molar refractivity (Wildman–Crippen MR) is 98.6 cm³/mol. The third kappa shape index (κ3) is 5.41. The molecule has 1 aliphatic carbocycles. The van der Waals surface area contributed by atoms with E-state index in [1.165, 1.54) is 31.2 Å². The van der Waals surface area contributed by atoms with Crippen LogP contribution in [0.15, 0.2) is 29.3 Å². The van der Waals surface area contributed by atoms with Gasteiger partial charge >= 0.3 is 0 Å². The minimum atomic E-state index is 0.485. The van der Waals surface area contributed by atoms with E-state index in [9.17, 15) is 0 Å². The molecule has 1 saturated carbocycles. The molecule has 0 aliphatic heterocycles. The first kappa shape index (κ1) is 18.6. The van der Waals surface area contributed by atoms with Gasteiger partial charge < -0.3 is 20.1 Å². The highest BCUT2D eigenvalue weighted by Gasteiger charge is 2.34. The number of ether oxygens (including phenoxy) is 2. The van der Waals surface area contributed by atoms with E-state index in [1.807, 2.05) is 19.2 Å². The van der Waals surface area contributed by atoms with E-state index in [1.54, 1.807) is 7.11 Å². The maximum Gasteiger partial charge on any atom is 0.191 e. The number of methoxy groups -OCH3 is 1. The van der Waals surface area contributed by atoms with E-state index >= 15 is 0 Å². The van der Waals surface area contributed by atoms with Gasteiger partial charge in [0, 0.05) is 27.2 Å². The molecule has 2 N–H and O–H groups in total. The minimum absolute atomic E-state index is 0.485. The van der Waals surface area contributed by atoms with Gasteiger partial charge in [0.05, 0.1) is 6.61 Å². The van der Waals surface area contributed by atoms with Crippen molar-refractivity contribution in [3.63, 3.8) is 0 Å². The van der Waals surface area contributed by atoms with Gasteiger partial charge in [0.2, 0.25) is 0 Å². The lowest BCUT2D eigenvalue weighted by molar-refractivity contribution is 0.131. The van der Waals surface area contributed by atoms with Gasteiger partial charge in [0.15, 0.2) is 5.96 Å². The van der Waals surface area contributed by atoms with Crippen molar-refractivity contribution in [2.24, 2.45) is 10.4 Å². The van der Waals surface area contributed by atoms with Crippen LogP contribution in [0.1, 0.15) is 38.2 Å². The van der Waals surface area contributed by atoms with Gasteiger partial charge in [-0.15, -0.1) is 0 Å². The second-order valence-corrected chi connectivity index (χ2v) is 6.47. The topological polar surface area (TPSA) is 54.9 Å². The summed E-state index contributed by atoms with van der Waals surface area (Å²) in [6.07, 6.45) is 5.26. The van der Waals surface area contributed by atoms with Crippen molar-refractivity contribution < 1.29 is 9.47 Å². The van der Waals surface area contributed by atoms with Crippen LogP contribution in [0.25, 0.3) is 0 Å². The zero-order chi connectivity index (χ0) is 17.3. The Morgan fingerprint density at radius 2 is 1.92 bits per heavy atom. The average molecular weight is 333 g/mol. The third-order valence-corrected chi connectivity index (χ3v) is 4.96. The maximum atomic E-state index is 5.57. The molecule has 0 saturated heterocycles. The monoisotopic (exact) mass is 333 g/mol. The van der Waals surface area contributed by atoms with E-state index in [4.69, 9.17) is 9.47 Å². The minimum Gasteiger partial charge on any atom is -0.491 e. The predicted octanol–water partition coefficient (Wildman–Crippen LogP) is 2.96. The molecule has 0 radical (unpaired) electrons. The fraction of sp³-hybridized carbons (Fsp3) is 0.632. The quantitative estimate of drug-likeness (QED) is 0.414. The van der Waals surface area contributed by atoms with Crippen molar-refractivity contribution in [1.29, 1.82) is 0 Å². The molecule has 0 amide bonds. The zero-order valence-electron chi connectivity index (χ0n) is 15.2. The first-order chi connectivity index (χ1) is 11.7. The summed E-state index contributed by atoms with van der Waals surface area (Å²) in [7, 11) is 3.49. The molecule has 5 heteroatoms. The number of hydrogen-bond donors (Lipinski definition) is 2. The first-order valence-corrected chi connectivity index (χ1v) is 8.86. The van der Waals surface area contributed by atoms with E-state index in [2.05, 4.69) is 34.7 Å². The number of nitrogens with zero attached hydrogens (tertiary/aromatic N) is 1. The van der Waals surface area contributed by atoms with Gasteiger partial charge in [-0.25, -0.2) is 0 Å². The van der Waals surface area contributed by atoms with Crippen molar-refractivity contribution in [2.45, 2.75) is 39.2 Å². The molecule has 24 heavy (non-hydrogen) atoms. The molecule has 1 aromatic carbocycles. The molecule has 0 unspecified atom stereocenters. The summed E-state index contributed by atoms with van der Waals surface area (Å²) in [4.78, 5) is 4.32. The van der Waals surface area contributed by atoms with Gasteiger partial charge in [0.1, 0.15) is 12.4 Å². The SMILES string of the molecule is CCC1(CNC(=NC)NCc2ccc(OCCOC)cc2)CCC1. The lowest BCUT2D eigenvalue weighted by Crippen LogP contribution is -2.46. The summed E-state index contributed by atoms with van der Waals surface area (Å²) in [6, 6.07) is 8.12. The van der Waals surface area contributed by atoms with E-state index in [0.717, 1.165) is 24.8 Å². The Morgan fingerprint density at radius 1 is 1.17 bits per heavy atom. The third-order valence-electron chi connectivity index (χ3n) is 4.96. The Balaban J connectivity index is 1.74. The van der Waals surface area contributed by atoms with Crippen LogP contribution < -0.4 is 15.4 Å². The fourth-order valence-electron chi connectivity index (χ4n) is 2.96. The number of guanidine groups is 1. The Kier molecular flexibility index (Phi) is 7.37. The van der Waals surface area contributed by atoms with Gasteiger partial charge in [-0.2, -0.15) is 0 Å². The lowest BCUT2D eigenvalue weighted by atomic mass is 9.67. The first-order valence-electron chi connectivity index (χ1n) is 8.86. The Morgan fingerprint density at radius 3 is 2.46 bits per heavy atom. The molecular weight excluding hydrogens is 302 g/mol. The Hall–Kier alpha value is -1.75. The highest BCUT2D eigenvalue weighted by molar-refractivity contribution is 5.79. The van der Waals surface area contributed by atoms with Crippen LogP contribution in [-0.2, 0) is 11.3 Å². The molecule has 0 aromatic heterocycles. The largest absolute Gasteiger partial charge is 0.491 e. The molecule has 0 heterocycles. The summed E-state index contributed by atoms with van der Waals surface area (Å²) in [5.41, 5.74) is 1.68. The van der Waals surface area contributed by atoms with Gasteiger partial charge in [-0.05, 0) is 42.4 Å². The Labute approximate surface area is 145 Å². The molecular formula is C19H31N3O2. The number of nitrogens with one attached hydrogen (secondary N) is 2. The van der Waals surface area contributed by atoms with Crippen molar-refractivity contribution in [3.8, 4) is 5.75 Å². The number of hydrogen-bond acceptors (Lipinski definition) is 3. The molecule has 0 spiro atoms. The van der Waals surface area contributed by atoms with Crippen molar-refractivity contribution in [1.82, 2.24) is 10.6 Å². The van der Waals surface area contributed by atoms with Crippen LogP contribution >= 0.6 is 0 Å². The number of benzene rings is 1. The summed E-state index contributed by atoms with van der Waals surface area (Å²) in [5, 5.41) is 6.86. The average Bonchev–Trinajstić information content (AvgIpc) is 2.58.